The van der Waals surface area contributed by atoms with Crippen LogP contribution in [0.15, 0.2) is 10.5 Å². The van der Waals surface area contributed by atoms with Gasteiger partial charge in [-0.25, -0.2) is 9.98 Å². The molecule has 0 aliphatic heterocycles. The first-order valence-corrected chi connectivity index (χ1v) is 9.08. The molecule has 2 N–H and O–H groups in total. The topological polar surface area (TPSA) is 49.3 Å². The van der Waals surface area contributed by atoms with Gasteiger partial charge in [-0.1, -0.05) is 25.7 Å². The molecular weight excluding hydrogens is 407 g/mol. The van der Waals surface area contributed by atoms with E-state index in [-0.39, 0.29) is 24.0 Å². The van der Waals surface area contributed by atoms with E-state index in [0.717, 1.165) is 30.7 Å². The predicted octanol–water partition coefficient (Wildman–Crippen LogP) is 4.10. The van der Waals surface area contributed by atoms with Crippen LogP contribution >= 0.6 is 35.3 Å². The lowest BCUT2D eigenvalue weighted by Crippen LogP contribution is -2.37. The van der Waals surface area contributed by atoms with Crippen molar-refractivity contribution in [1.29, 1.82) is 0 Å². The quantitative estimate of drug-likeness (QED) is 0.293. The first-order valence-electron chi connectivity index (χ1n) is 8.20. The van der Waals surface area contributed by atoms with E-state index in [0.29, 0.717) is 6.54 Å². The summed E-state index contributed by atoms with van der Waals surface area (Å²) in [6.45, 7) is 6.78. The molecule has 22 heavy (non-hydrogen) atoms. The number of rotatable bonds is 7. The number of halogens is 1. The van der Waals surface area contributed by atoms with Crippen LogP contribution in [-0.2, 0) is 6.54 Å². The van der Waals surface area contributed by atoms with Gasteiger partial charge >= 0.3 is 0 Å². The van der Waals surface area contributed by atoms with Crippen molar-refractivity contribution in [3.05, 3.63) is 16.1 Å². The third-order valence-electron chi connectivity index (χ3n) is 4.13. The molecule has 1 aliphatic carbocycles. The zero-order chi connectivity index (χ0) is 14.9. The van der Waals surface area contributed by atoms with E-state index in [2.05, 4.69) is 27.5 Å². The number of aromatic nitrogens is 1. The Kier molecular flexibility index (Phi) is 10.0. The van der Waals surface area contributed by atoms with Crippen LogP contribution in [-0.4, -0.2) is 24.0 Å². The van der Waals surface area contributed by atoms with E-state index >= 15 is 0 Å². The molecule has 0 radical (unpaired) electrons. The molecule has 0 bridgehead atoms. The number of hydrogen-bond acceptors (Lipinski definition) is 3. The summed E-state index contributed by atoms with van der Waals surface area (Å²) in [4.78, 5) is 10.2. The van der Waals surface area contributed by atoms with Crippen molar-refractivity contribution in [2.24, 2.45) is 10.9 Å². The van der Waals surface area contributed by atoms with Crippen LogP contribution < -0.4 is 10.6 Å². The molecule has 0 amide bonds. The second kappa shape index (κ2) is 11.2. The molecule has 0 aromatic carbocycles. The summed E-state index contributed by atoms with van der Waals surface area (Å²) >= 11 is 1.68. The summed E-state index contributed by atoms with van der Waals surface area (Å²) in [7, 11) is 0. The lowest BCUT2D eigenvalue weighted by atomic mass is 10.0. The predicted molar refractivity (Wildman–Crippen MR) is 106 cm³/mol. The molecule has 1 saturated carbocycles. The normalized spacial score (nSPS) is 15.6. The van der Waals surface area contributed by atoms with E-state index in [9.17, 15) is 0 Å². The van der Waals surface area contributed by atoms with Gasteiger partial charge in [-0.15, -0.1) is 35.3 Å². The van der Waals surface area contributed by atoms with Gasteiger partial charge in [0.15, 0.2) is 5.96 Å². The number of nitrogens with zero attached hydrogens (tertiary/aromatic N) is 2. The van der Waals surface area contributed by atoms with Gasteiger partial charge < -0.3 is 10.6 Å². The molecule has 0 saturated heterocycles. The standard InChI is InChI=1S/C16H28N4S.HI/c1-3-17-16(19-11-15-13(2)20-12-21-15)18-10-6-9-14-7-4-5-8-14;/h12,14H,3-11H2,1-2H3,(H2,17,18,19);1H. The molecular formula is C16H29IN4S. The van der Waals surface area contributed by atoms with Gasteiger partial charge in [0.25, 0.3) is 0 Å². The number of thiazole rings is 1. The average molecular weight is 436 g/mol. The smallest absolute Gasteiger partial charge is 0.191 e. The van der Waals surface area contributed by atoms with Crippen LogP contribution in [0, 0.1) is 12.8 Å². The second-order valence-electron chi connectivity index (χ2n) is 5.78. The Labute approximate surface area is 155 Å². The van der Waals surface area contributed by atoms with Crippen molar-refractivity contribution in [1.82, 2.24) is 15.6 Å². The van der Waals surface area contributed by atoms with E-state index in [1.165, 1.54) is 43.4 Å². The van der Waals surface area contributed by atoms with Gasteiger partial charge in [0.05, 0.1) is 17.7 Å². The van der Waals surface area contributed by atoms with Gasteiger partial charge in [0.1, 0.15) is 0 Å². The number of aryl methyl sites for hydroxylation is 1. The van der Waals surface area contributed by atoms with Gasteiger partial charge in [0.2, 0.25) is 0 Å². The molecule has 1 fully saturated rings. The maximum absolute atomic E-state index is 4.65. The molecule has 1 aromatic rings. The molecule has 1 aliphatic rings. The van der Waals surface area contributed by atoms with Gasteiger partial charge in [-0.05, 0) is 32.6 Å². The summed E-state index contributed by atoms with van der Waals surface area (Å²) in [5.74, 6) is 1.91. The lowest BCUT2D eigenvalue weighted by Gasteiger charge is -2.12. The minimum absolute atomic E-state index is 0. The van der Waals surface area contributed by atoms with Crippen molar-refractivity contribution in [3.63, 3.8) is 0 Å². The minimum atomic E-state index is 0. The maximum Gasteiger partial charge on any atom is 0.191 e. The fourth-order valence-electron chi connectivity index (χ4n) is 2.87. The highest BCUT2D eigenvalue weighted by atomic mass is 127. The van der Waals surface area contributed by atoms with Crippen molar-refractivity contribution < 1.29 is 0 Å². The Morgan fingerprint density at radius 2 is 2.14 bits per heavy atom. The largest absolute Gasteiger partial charge is 0.357 e. The van der Waals surface area contributed by atoms with Crippen LogP contribution in [0.25, 0.3) is 0 Å². The zero-order valence-corrected chi connectivity index (χ0v) is 16.9. The molecule has 1 aromatic heterocycles. The molecule has 1 heterocycles. The third kappa shape index (κ3) is 6.81. The minimum Gasteiger partial charge on any atom is -0.357 e. The van der Waals surface area contributed by atoms with Gasteiger partial charge in [0, 0.05) is 18.0 Å². The summed E-state index contributed by atoms with van der Waals surface area (Å²) in [5, 5.41) is 6.77. The highest BCUT2D eigenvalue weighted by molar-refractivity contribution is 14.0. The van der Waals surface area contributed by atoms with Crippen LogP contribution in [0.1, 0.15) is 56.0 Å². The maximum atomic E-state index is 4.65. The van der Waals surface area contributed by atoms with Crippen molar-refractivity contribution in [2.75, 3.05) is 13.1 Å². The molecule has 0 atom stereocenters. The van der Waals surface area contributed by atoms with Crippen LogP contribution in [0.2, 0.25) is 0 Å². The first kappa shape index (κ1) is 19.7. The van der Waals surface area contributed by atoms with Crippen molar-refractivity contribution in [3.8, 4) is 0 Å². The highest BCUT2D eigenvalue weighted by Gasteiger charge is 2.13. The highest BCUT2D eigenvalue weighted by Crippen LogP contribution is 2.28. The summed E-state index contributed by atoms with van der Waals surface area (Å²) in [6, 6.07) is 0. The fraction of sp³-hybridized carbons (Fsp3) is 0.750. The van der Waals surface area contributed by atoms with E-state index in [4.69, 9.17) is 0 Å². The van der Waals surface area contributed by atoms with E-state index in [1.54, 1.807) is 11.3 Å². The Balaban J connectivity index is 0.00000242. The van der Waals surface area contributed by atoms with Crippen LogP contribution in [0.5, 0.6) is 0 Å². The third-order valence-corrected chi connectivity index (χ3v) is 5.05. The van der Waals surface area contributed by atoms with E-state index in [1.807, 2.05) is 12.4 Å². The molecule has 4 nitrogen and oxygen atoms in total. The van der Waals surface area contributed by atoms with Crippen molar-refractivity contribution in [2.45, 2.75) is 58.9 Å². The number of aliphatic imine (C=N–C) groups is 1. The van der Waals surface area contributed by atoms with Crippen LogP contribution in [0.4, 0.5) is 0 Å². The lowest BCUT2D eigenvalue weighted by molar-refractivity contribution is 0.481. The molecule has 0 unspecified atom stereocenters. The molecule has 0 spiro atoms. The Morgan fingerprint density at radius 3 is 2.77 bits per heavy atom. The number of hydrogen-bond donors (Lipinski definition) is 2. The molecule has 6 heteroatoms. The van der Waals surface area contributed by atoms with Crippen molar-refractivity contribution >= 4 is 41.3 Å². The molecule has 2 rings (SSSR count). The Morgan fingerprint density at radius 1 is 1.36 bits per heavy atom. The molecule has 126 valence electrons. The average Bonchev–Trinajstić information content (AvgIpc) is 3.12. The summed E-state index contributed by atoms with van der Waals surface area (Å²) in [6.07, 6.45) is 8.37. The summed E-state index contributed by atoms with van der Waals surface area (Å²) < 4.78 is 0. The number of guanidine groups is 1. The van der Waals surface area contributed by atoms with E-state index < -0.39 is 0 Å². The number of nitrogens with one attached hydrogen (secondary N) is 2. The van der Waals surface area contributed by atoms with Crippen LogP contribution in [0.3, 0.4) is 0 Å². The monoisotopic (exact) mass is 436 g/mol. The summed E-state index contributed by atoms with van der Waals surface area (Å²) in [5.41, 5.74) is 2.99. The Bertz CT molecular complexity index is 441. The first-order chi connectivity index (χ1) is 10.3. The van der Waals surface area contributed by atoms with Gasteiger partial charge in [-0.2, -0.15) is 0 Å². The van der Waals surface area contributed by atoms with Gasteiger partial charge in [-0.3, -0.25) is 0 Å². The fourth-order valence-corrected chi connectivity index (χ4v) is 3.57. The zero-order valence-electron chi connectivity index (χ0n) is 13.7. The second-order valence-corrected chi connectivity index (χ2v) is 6.71. The SMILES string of the molecule is CCNC(=NCc1scnc1C)NCCCC1CCCC1.I. The Hall–Kier alpha value is -0.370.